The highest BCUT2D eigenvalue weighted by atomic mass is 19.2. The van der Waals surface area contributed by atoms with Gasteiger partial charge in [0.05, 0.1) is 93.1 Å². The average molecular weight is 1990 g/mol. The monoisotopic (exact) mass is 1990 g/mol. The molecule has 0 spiro atoms. The number of fused-ring (bicyclic) bond motifs is 2. The molecule has 1 saturated heterocycles. The fourth-order valence-corrected chi connectivity index (χ4v) is 28.2. The molecule has 37 heteroatoms. The van der Waals surface area contributed by atoms with Gasteiger partial charge >= 0.3 is 0 Å². The number of halogens is 9. The summed E-state index contributed by atoms with van der Waals surface area (Å²) in [7, 11) is 0. The molecule has 16 fully saturated rings. The van der Waals surface area contributed by atoms with Gasteiger partial charge in [0, 0.05) is 162 Å². The van der Waals surface area contributed by atoms with E-state index < -0.39 is 92.8 Å². The number of pyridine rings is 2. The second kappa shape index (κ2) is 35.7. The van der Waals surface area contributed by atoms with Gasteiger partial charge in [0.2, 0.25) is 35.4 Å². The summed E-state index contributed by atoms with van der Waals surface area (Å²) in [5.41, 5.74) is 7.01. The number of nitriles is 1. The third kappa shape index (κ3) is 16.9. The number of amides is 6. The molecule has 752 valence electrons. The number of piperidine rings is 1. The maximum absolute atomic E-state index is 13.7. The van der Waals surface area contributed by atoms with Crippen LogP contribution in [-0.2, 0) is 41.9 Å². The van der Waals surface area contributed by atoms with E-state index in [0.29, 0.717) is 96.5 Å². The van der Waals surface area contributed by atoms with Crippen LogP contribution < -0.4 is 5.32 Å². The van der Waals surface area contributed by atoms with E-state index in [0.717, 1.165) is 168 Å². The summed E-state index contributed by atoms with van der Waals surface area (Å²) in [5.74, 6) is -5.00. The minimum atomic E-state index is -0.663. The van der Waals surface area contributed by atoms with Crippen LogP contribution in [0.1, 0.15) is 229 Å². The number of anilines is 1. The summed E-state index contributed by atoms with van der Waals surface area (Å²) in [6, 6.07) is 22.8. The number of rotatable bonds is 21. The quantitative estimate of drug-likeness (QED) is 0.0654. The molecule has 32 rings (SSSR count). The largest absolute Gasteiger partial charge is 0.369 e. The van der Waals surface area contributed by atoms with Crippen LogP contribution in [0.25, 0.3) is 21.8 Å². The van der Waals surface area contributed by atoms with Crippen LogP contribution in [0.3, 0.4) is 0 Å². The number of hydrogen-bond donors (Lipinski definition) is 1. The zero-order valence-corrected chi connectivity index (χ0v) is 80.9. The maximum atomic E-state index is 13.7. The van der Waals surface area contributed by atoms with Gasteiger partial charge < -0.3 is 15.1 Å². The molecule has 0 radical (unpaired) electrons. The zero-order chi connectivity index (χ0) is 101. The van der Waals surface area contributed by atoms with E-state index in [-0.39, 0.29) is 74.0 Å². The highest BCUT2D eigenvalue weighted by Crippen LogP contribution is 2.79. The second-order valence-electron chi connectivity index (χ2n) is 45.1. The van der Waals surface area contributed by atoms with Crippen LogP contribution in [0.5, 0.6) is 0 Å². The van der Waals surface area contributed by atoms with Gasteiger partial charge in [-0.05, 0) is 275 Å². The molecule has 1 N–H and O–H groups in total. The zero-order valence-electron chi connectivity index (χ0n) is 80.9. The molecule has 6 amide bonds. The third-order valence-electron chi connectivity index (χ3n) is 34.1. The molecule has 7 aliphatic heterocycles. The van der Waals surface area contributed by atoms with E-state index in [1.807, 2.05) is 54.3 Å². The molecular formula is C109H107F9N22O6. The number of hydrogen-bond acceptors (Lipinski definition) is 20. The molecule has 5 aromatic heterocycles. The Morgan fingerprint density at radius 1 is 0.390 bits per heavy atom. The summed E-state index contributed by atoms with van der Waals surface area (Å²) in [6.07, 6.45) is 40.2. The Morgan fingerprint density at radius 2 is 0.753 bits per heavy atom. The first kappa shape index (κ1) is 95.5. The second-order valence-corrected chi connectivity index (χ2v) is 45.1. The predicted octanol–water partition coefficient (Wildman–Crippen LogP) is 18.4. The average Bonchev–Trinajstić information content (AvgIpc) is 1.75. The van der Waals surface area contributed by atoms with Gasteiger partial charge in [-0.1, -0.05) is 18.6 Å². The number of likely N-dealkylation sites (tertiary alicyclic amines) is 1. The Balaban J connectivity index is 0.000000101. The molecule has 15 aliphatic carbocycles. The topological polar surface area (TPSA) is 310 Å². The summed E-state index contributed by atoms with van der Waals surface area (Å²) in [6.45, 7) is 13.2. The molecule has 10 bridgehead atoms. The summed E-state index contributed by atoms with van der Waals surface area (Å²) in [5, 5.41) is 52.2. The van der Waals surface area contributed by atoms with Crippen LogP contribution in [0.15, 0.2) is 184 Å². The Labute approximate surface area is 835 Å². The van der Waals surface area contributed by atoms with Gasteiger partial charge in [-0.25, -0.2) is 74.5 Å². The van der Waals surface area contributed by atoms with Crippen molar-refractivity contribution in [3.8, 4) is 6.07 Å². The van der Waals surface area contributed by atoms with Crippen LogP contribution >= 0.6 is 0 Å². The summed E-state index contributed by atoms with van der Waals surface area (Å²) < 4.78 is 127. The van der Waals surface area contributed by atoms with Gasteiger partial charge in [-0.3, -0.25) is 48.1 Å². The predicted molar refractivity (Wildman–Crippen MR) is 519 cm³/mol. The van der Waals surface area contributed by atoms with Gasteiger partial charge in [0.1, 0.15) is 76.3 Å². The highest BCUT2D eigenvalue weighted by Gasteiger charge is 2.77. The number of benzene rings is 5. The maximum Gasteiger partial charge on any atom is 0.249 e. The lowest BCUT2D eigenvalue weighted by atomic mass is 9.34. The van der Waals surface area contributed by atoms with E-state index in [9.17, 15) is 68.3 Å². The third-order valence-corrected chi connectivity index (χ3v) is 34.1. The van der Waals surface area contributed by atoms with Gasteiger partial charge in [0.25, 0.3) is 0 Å². The number of nitrogens with one attached hydrogen (secondary N) is 1. The number of carbonyl (C=O) groups is 6. The first-order valence-corrected chi connectivity index (χ1v) is 50.1. The first-order chi connectivity index (χ1) is 70.1. The Bertz CT molecular complexity index is 7130. The normalized spacial score (nSPS) is 30.7. The molecule has 15 saturated carbocycles. The van der Waals surface area contributed by atoms with Crippen molar-refractivity contribution in [1.82, 2.24) is 74.3 Å². The van der Waals surface area contributed by atoms with E-state index >= 15 is 0 Å². The molecule has 5 atom stereocenters. The fourth-order valence-electron chi connectivity index (χ4n) is 28.2. The van der Waals surface area contributed by atoms with Crippen LogP contribution in [0.2, 0.25) is 0 Å². The smallest absolute Gasteiger partial charge is 0.249 e. The van der Waals surface area contributed by atoms with Crippen molar-refractivity contribution in [2.45, 2.75) is 212 Å². The number of aryl methyl sites for hydroxylation is 2. The number of aromatic nitrogens is 8. The molecule has 146 heavy (non-hydrogen) atoms. The van der Waals surface area contributed by atoms with E-state index in [1.165, 1.54) is 130 Å². The number of hydrazone groups is 5. The molecule has 5 aromatic carbocycles. The van der Waals surface area contributed by atoms with E-state index in [4.69, 9.17) is 5.26 Å². The van der Waals surface area contributed by atoms with Crippen molar-refractivity contribution in [1.29, 1.82) is 5.26 Å². The van der Waals surface area contributed by atoms with Gasteiger partial charge in [-0.2, -0.15) is 41.0 Å². The lowest BCUT2D eigenvalue weighted by molar-refractivity contribution is -0.224. The molecule has 5 unspecified atom stereocenters. The molecule has 12 heterocycles. The molecular weight excluding hydrogens is 1880 g/mol. The lowest BCUT2D eigenvalue weighted by Crippen LogP contribution is -2.70. The van der Waals surface area contributed by atoms with Crippen molar-refractivity contribution in [3.63, 3.8) is 0 Å². The summed E-state index contributed by atoms with van der Waals surface area (Å²) in [4.78, 5) is 98.8. The number of nitrogens with zero attached hydrogens (tertiary/aromatic N) is 21. The van der Waals surface area contributed by atoms with Crippen molar-refractivity contribution in [2.24, 2.45) is 79.7 Å². The van der Waals surface area contributed by atoms with Gasteiger partial charge in [-0.15, -0.1) is 0 Å². The van der Waals surface area contributed by atoms with Crippen LogP contribution in [-0.4, -0.2) is 180 Å². The van der Waals surface area contributed by atoms with Crippen LogP contribution in [0, 0.1) is 132 Å². The van der Waals surface area contributed by atoms with Gasteiger partial charge in [0.15, 0.2) is 0 Å². The number of carbonyl (C=O) groups excluding carboxylic acids is 6. The highest BCUT2D eigenvalue weighted by molar-refractivity contribution is 5.94. The lowest BCUT2D eigenvalue weighted by Gasteiger charge is -2.70. The van der Waals surface area contributed by atoms with Crippen molar-refractivity contribution < 1.29 is 68.3 Å². The van der Waals surface area contributed by atoms with Crippen molar-refractivity contribution in [3.05, 3.63) is 255 Å². The summed E-state index contributed by atoms with van der Waals surface area (Å²) >= 11 is 0. The Hall–Kier alpha value is -14.1. The molecule has 10 aromatic rings. The minimum absolute atomic E-state index is 0.0251. The molecule has 28 nitrogen and oxygen atoms in total. The van der Waals surface area contributed by atoms with E-state index in [1.54, 1.807) is 54.4 Å². The first-order valence-electron chi connectivity index (χ1n) is 50.1. The minimum Gasteiger partial charge on any atom is -0.369 e. The fraction of sp³-hybridized carbons (Fsp3) is 0.450. The van der Waals surface area contributed by atoms with Crippen molar-refractivity contribution >= 4 is 94.1 Å². The standard InChI is InChI=1S/C23H21F2N5O.C23H22FN5O.C21H18F2N6O.C21H21F2N3O2.C21H25F2N3O/c1-14-7-26-9-20-18(14)8-28-29(20)13-22-10-23(11-22,12-22)21(31)30-19(2-3-27-30)15-4-16(24)6-17(25)5-15;1-15-3-2-4-20-18(15)10-27-28(20)14-22-11-23(12-22,13-22)21(30)29-19(5-6-26-29)16-7-17(24)9-25-8-16;22-14-3-13(4-15(23)5-14)17-1-2-28-29(17)19(30)21-8-20(9-21,10-21)11-25-18-6-16(7-24)26-12-27-18;1-13-4-18(27)25(8-13)12-20-9-21(10-20,11-20)19(28)26-17(2-3-24-26)14-5-15(22)7-16(23)6-14;22-16-8-15(9-17(23)10-16)18-4-5-24-26(18)19(27)21-11-20(12-21,13-21)14-25-6-2-1-3-7-25/h3-9,19H,2,10-13H2,1H3;2-4,6-10,19H,5,11-14H2,1H3;2-6,12,17H,1,8-11H2,(H,25,26,27);3-7,17H,2,8-12H2,1H3;5,8-10,18H,1-4,6-7,11-14H2. The molecule has 22 aliphatic rings. The Morgan fingerprint density at radius 3 is 1.14 bits per heavy atom. The van der Waals surface area contributed by atoms with E-state index in [2.05, 4.69) is 95.7 Å². The Kier molecular flexibility index (Phi) is 23.3. The SMILES string of the molecule is CC1=CC(=O)N(CC23CC(C(=O)N4N=CCC4c4cc(F)cc(F)c4)(C2)C3)C1.Cc1cccc2c1cnn2CC12CC(C(=O)N3N=CCC3c3cncc(F)c3)(C1)C2.Cc1cncc2c1cnn2CC12CC(C(=O)N3N=CCC3c3cc(F)cc(F)c3)(C1)C2.N#Cc1cc(NCC23CC(C(=O)N4N=CCC4c4cc(F)cc(F)c4)(C2)C3)ncn1.O=C(N1N=CCC1c1cc(F)cc(F)c1)C12CC(CN3CCCCC3)(C1)C2. The van der Waals surface area contributed by atoms with Crippen LogP contribution in [0.4, 0.5) is 45.3 Å². The van der Waals surface area contributed by atoms with Crippen molar-refractivity contribution in [2.75, 3.05) is 44.6 Å².